The molecule has 0 aromatic heterocycles. The predicted molar refractivity (Wildman–Crippen MR) is 67.3 cm³/mol. The summed E-state index contributed by atoms with van der Waals surface area (Å²) < 4.78 is 0.942. The Kier molecular flexibility index (Phi) is 5.06. The Morgan fingerprint density at radius 1 is 1.47 bits per heavy atom. The van der Waals surface area contributed by atoms with Crippen LogP contribution in [0.3, 0.4) is 0 Å². The van der Waals surface area contributed by atoms with Crippen molar-refractivity contribution in [1.29, 1.82) is 0 Å². The minimum absolute atomic E-state index is 0.0412. The average molecular weight is 293 g/mol. The first-order valence-electron chi connectivity index (χ1n) is 4.86. The molecule has 84 valence electrons. The average Bonchev–Trinajstić information content (AvgIpc) is 2.14. The van der Waals surface area contributed by atoms with E-state index < -0.39 is 0 Å². The molecule has 0 saturated carbocycles. The third-order valence-electron chi connectivity index (χ3n) is 2.06. The van der Waals surface area contributed by atoms with Crippen molar-refractivity contribution >= 4 is 27.5 Å². The molecule has 2 N–H and O–H groups in total. The molecule has 0 heterocycles. The number of aliphatic hydroxyl groups is 1. The summed E-state index contributed by atoms with van der Waals surface area (Å²) >= 11 is 9.46. The van der Waals surface area contributed by atoms with Crippen LogP contribution < -0.4 is 5.32 Å². The van der Waals surface area contributed by atoms with E-state index >= 15 is 0 Å². The fourth-order valence-electron chi connectivity index (χ4n) is 1.43. The molecule has 1 aromatic carbocycles. The van der Waals surface area contributed by atoms with Crippen molar-refractivity contribution < 1.29 is 5.11 Å². The molecule has 0 aliphatic rings. The van der Waals surface area contributed by atoms with Crippen molar-refractivity contribution in [3.05, 3.63) is 33.3 Å². The molecule has 0 spiro atoms. The van der Waals surface area contributed by atoms with Crippen molar-refractivity contribution in [2.75, 3.05) is 6.61 Å². The Labute approximate surface area is 104 Å². The minimum atomic E-state index is -0.106. The molecule has 2 nitrogen and oxygen atoms in total. The van der Waals surface area contributed by atoms with Crippen LogP contribution in [0, 0.1) is 0 Å². The van der Waals surface area contributed by atoms with Gasteiger partial charge in [0.15, 0.2) is 0 Å². The van der Waals surface area contributed by atoms with Gasteiger partial charge >= 0.3 is 0 Å². The lowest BCUT2D eigenvalue weighted by atomic mass is 10.1. The number of hydrogen-bond acceptors (Lipinski definition) is 2. The summed E-state index contributed by atoms with van der Waals surface area (Å²) in [7, 11) is 0. The quantitative estimate of drug-likeness (QED) is 0.893. The van der Waals surface area contributed by atoms with Crippen LogP contribution in [0.2, 0.25) is 5.02 Å². The third kappa shape index (κ3) is 3.76. The van der Waals surface area contributed by atoms with E-state index in [1.807, 2.05) is 32.0 Å². The molecule has 0 aliphatic carbocycles. The smallest absolute Gasteiger partial charge is 0.0627 e. The van der Waals surface area contributed by atoms with Gasteiger partial charge in [0.25, 0.3) is 0 Å². The molecule has 1 rings (SSSR count). The summed E-state index contributed by atoms with van der Waals surface area (Å²) in [5.74, 6) is 0. The predicted octanol–water partition coefficient (Wildman–Crippen LogP) is 3.13. The van der Waals surface area contributed by atoms with Gasteiger partial charge in [-0.25, -0.2) is 0 Å². The molecule has 0 bridgehead atoms. The van der Waals surface area contributed by atoms with Crippen LogP contribution in [0.15, 0.2) is 22.7 Å². The van der Waals surface area contributed by atoms with Crippen LogP contribution in [-0.2, 0) is 0 Å². The molecule has 4 heteroatoms. The first kappa shape index (κ1) is 13.0. The maximum Gasteiger partial charge on any atom is 0.0627 e. The van der Waals surface area contributed by atoms with Gasteiger partial charge in [0.1, 0.15) is 0 Å². The molecular weight excluding hydrogens is 277 g/mol. The summed E-state index contributed by atoms with van der Waals surface area (Å²) in [5.41, 5.74) is 0.927. The highest BCUT2D eigenvalue weighted by molar-refractivity contribution is 9.10. The summed E-state index contributed by atoms with van der Waals surface area (Å²) in [5, 5.41) is 13.2. The van der Waals surface area contributed by atoms with E-state index in [2.05, 4.69) is 21.2 Å². The fraction of sp³-hybridized carbons (Fsp3) is 0.455. The van der Waals surface area contributed by atoms with Crippen LogP contribution in [0.1, 0.15) is 25.5 Å². The summed E-state index contributed by atoms with van der Waals surface area (Å²) in [6.07, 6.45) is 0. The second-order valence-electron chi connectivity index (χ2n) is 3.72. The highest BCUT2D eigenvalue weighted by Gasteiger charge is 2.14. The topological polar surface area (TPSA) is 32.3 Å². The molecule has 0 radical (unpaired) electrons. The number of halogens is 2. The maximum absolute atomic E-state index is 9.29. The molecule has 1 aromatic rings. The molecule has 15 heavy (non-hydrogen) atoms. The second-order valence-corrected chi connectivity index (χ2v) is 5.05. The van der Waals surface area contributed by atoms with Gasteiger partial charge in [-0.15, -0.1) is 0 Å². The number of benzene rings is 1. The Morgan fingerprint density at radius 3 is 2.60 bits per heavy atom. The monoisotopic (exact) mass is 291 g/mol. The molecule has 0 fully saturated rings. The summed E-state index contributed by atoms with van der Waals surface area (Å²) in [6.45, 7) is 4.12. The third-order valence-corrected chi connectivity index (χ3v) is 2.88. The van der Waals surface area contributed by atoms with Gasteiger partial charge in [0.05, 0.1) is 12.6 Å². The number of hydrogen-bond donors (Lipinski definition) is 2. The van der Waals surface area contributed by atoms with Crippen LogP contribution in [0.5, 0.6) is 0 Å². The Balaban J connectivity index is 2.91. The van der Waals surface area contributed by atoms with Crippen molar-refractivity contribution in [2.24, 2.45) is 0 Å². The van der Waals surface area contributed by atoms with Crippen molar-refractivity contribution in [3.63, 3.8) is 0 Å². The van der Waals surface area contributed by atoms with E-state index in [1.54, 1.807) is 0 Å². The first-order valence-corrected chi connectivity index (χ1v) is 6.03. The van der Waals surface area contributed by atoms with Crippen LogP contribution >= 0.6 is 27.5 Å². The second kappa shape index (κ2) is 5.85. The molecule has 0 saturated heterocycles. The van der Waals surface area contributed by atoms with E-state index in [9.17, 15) is 5.11 Å². The Bertz CT molecular complexity index is 330. The van der Waals surface area contributed by atoms with E-state index in [0.29, 0.717) is 11.1 Å². The van der Waals surface area contributed by atoms with Crippen molar-refractivity contribution in [3.8, 4) is 0 Å². The zero-order valence-electron chi connectivity index (χ0n) is 8.80. The minimum Gasteiger partial charge on any atom is -0.394 e. The number of aliphatic hydroxyl groups excluding tert-OH is 1. The van der Waals surface area contributed by atoms with Crippen molar-refractivity contribution in [1.82, 2.24) is 5.32 Å². The molecule has 1 atom stereocenters. The highest BCUT2D eigenvalue weighted by Crippen LogP contribution is 2.26. The van der Waals surface area contributed by atoms with Gasteiger partial charge in [0, 0.05) is 15.5 Å². The standard InChI is InChI=1S/C11H15BrClNO/c1-7(2)14-11(6-15)9-4-3-8(12)5-10(9)13/h3-5,7,11,14-15H,6H2,1-2H3. The van der Waals surface area contributed by atoms with E-state index in [0.717, 1.165) is 10.0 Å². The largest absolute Gasteiger partial charge is 0.394 e. The van der Waals surface area contributed by atoms with E-state index in [4.69, 9.17) is 11.6 Å². The molecule has 0 aliphatic heterocycles. The van der Waals surface area contributed by atoms with E-state index in [-0.39, 0.29) is 12.6 Å². The van der Waals surface area contributed by atoms with Crippen LogP contribution in [0.25, 0.3) is 0 Å². The number of nitrogens with one attached hydrogen (secondary N) is 1. The van der Waals surface area contributed by atoms with Gasteiger partial charge in [-0.1, -0.05) is 47.4 Å². The fourth-order valence-corrected chi connectivity index (χ4v) is 2.23. The lowest BCUT2D eigenvalue weighted by molar-refractivity contribution is 0.237. The SMILES string of the molecule is CC(C)NC(CO)c1ccc(Br)cc1Cl. The summed E-state index contributed by atoms with van der Waals surface area (Å²) in [4.78, 5) is 0. The van der Waals surface area contributed by atoms with Gasteiger partial charge in [-0.05, 0) is 17.7 Å². The van der Waals surface area contributed by atoms with Crippen LogP contribution in [-0.4, -0.2) is 17.8 Å². The number of rotatable bonds is 4. The van der Waals surface area contributed by atoms with Gasteiger partial charge < -0.3 is 10.4 Å². The molecule has 0 amide bonds. The summed E-state index contributed by atoms with van der Waals surface area (Å²) in [6, 6.07) is 5.88. The maximum atomic E-state index is 9.29. The highest BCUT2D eigenvalue weighted by atomic mass is 79.9. The van der Waals surface area contributed by atoms with Crippen LogP contribution in [0.4, 0.5) is 0 Å². The van der Waals surface area contributed by atoms with Crippen molar-refractivity contribution in [2.45, 2.75) is 25.9 Å². The zero-order chi connectivity index (χ0) is 11.4. The normalized spacial score (nSPS) is 13.2. The lowest BCUT2D eigenvalue weighted by Gasteiger charge is -2.20. The molecular formula is C11H15BrClNO. The Hall–Kier alpha value is -0.0900. The molecule has 1 unspecified atom stereocenters. The van der Waals surface area contributed by atoms with E-state index in [1.165, 1.54) is 0 Å². The lowest BCUT2D eigenvalue weighted by Crippen LogP contribution is -2.30. The van der Waals surface area contributed by atoms with Gasteiger partial charge in [-0.2, -0.15) is 0 Å². The van der Waals surface area contributed by atoms with Gasteiger partial charge in [0.2, 0.25) is 0 Å². The Morgan fingerprint density at radius 2 is 2.13 bits per heavy atom. The van der Waals surface area contributed by atoms with Gasteiger partial charge in [-0.3, -0.25) is 0 Å². The first-order chi connectivity index (χ1) is 7.04. The zero-order valence-corrected chi connectivity index (χ0v) is 11.1.